The Morgan fingerprint density at radius 1 is 1.10 bits per heavy atom. The third-order valence-electron chi connectivity index (χ3n) is 5.24. The van der Waals surface area contributed by atoms with Crippen molar-refractivity contribution in [2.45, 2.75) is 33.1 Å². The van der Waals surface area contributed by atoms with Crippen LogP contribution in [0.5, 0.6) is 0 Å². The predicted molar refractivity (Wildman–Crippen MR) is 122 cm³/mol. The molecule has 0 aliphatic carbocycles. The van der Waals surface area contributed by atoms with Gasteiger partial charge in [-0.05, 0) is 42.2 Å². The minimum atomic E-state index is -0.611. The second-order valence-electron chi connectivity index (χ2n) is 7.32. The van der Waals surface area contributed by atoms with Crippen molar-refractivity contribution in [1.29, 1.82) is 0 Å². The molecule has 2 aromatic rings. The molecule has 164 valence electrons. The van der Waals surface area contributed by atoms with Gasteiger partial charge in [-0.15, -0.1) is 0 Å². The molecule has 2 amide bonds. The Labute approximate surface area is 191 Å². The molecule has 1 atom stereocenters. The second kappa shape index (κ2) is 10.2. The Hall–Kier alpha value is -2.57. The lowest BCUT2D eigenvalue weighted by atomic mass is 10.0. The zero-order valence-electron chi connectivity index (χ0n) is 17.4. The summed E-state index contributed by atoms with van der Waals surface area (Å²) in [4.78, 5) is 39.0. The highest BCUT2D eigenvalue weighted by Gasteiger charge is 2.37. The number of para-hydroxylation sites is 1. The second-order valence-corrected chi connectivity index (χ2v) is 8.14. The van der Waals surface area contributed by atoms with Gasteiger partial charge in [-0.2, -0.15) is 0 Å². The van der Waals surface area contributed by atoms with Crippen LogP contribution >= 0.6 is 23.2 Å². The number of nitrogens with zero attached hydrogens (tertiary/aromatic N) is 1. The maximum atomic E-state index is 12.7. The van der Waals surface area contributed by atoms with Gasteiger partial charge >= 0.3 is 5.97 Å². The number of halogens is 2. The number of carbonyl (C=O) groups excluding carboxylic acids is 3. The van der Waals surface area contributed by atoms with Crippen molar-refractivity contribution in [3.8, 4) is 0 Å². The van der Waals surface area contributed by atoms with E-state index in [1.54, 1.807) is 17.0 Å². The van der Waals surface area contributed by atoms with E-state index in [4.69, 9.17) is 27.9 Å². The molecule has 0 unspecified atom stereocenters. The van der Waals surface area contributed by atoms with Gasteiger partial charge in [0.15, 0.2) is 6.61 Å². The quantitative estimate of drug-likeness (QED) is 0.607. The topological polar surface area (TPSA) is 75.7 Å². The van der Waals surface area contributed by atoms with E-state index in [-0.39, 0.29) is 18.9 Å². The molecule has 8 heteroatoms. The highest BCUT2D eigenvalue weighted by atomic mass is 35.5. The minimum absolute atomic E-state index is 0.0639. The molecule has 0 radical (unpaired) electrons. The molecule has 1 fully saturated rings. The maximum absolute atomic E-state index is 12.7. The van der Waals surface area contributed by atoms with Crippen molar-refractivity contribution in [3.05, 3.63) is 57.6 Å². The van der Waals surface area contributed by atoms with Gasteiger partial charge in [0.05, 0.1) is 16.0 Å². The number of ether oxygens (including phenoxy) is 1. The average molecular weight is 463 g/mol. The smallest absolute Gasteiger partial charge is 0.311 e. The first kappa shape index (κ1) is 23.1. The molecule has 2 aromatic carbocycles. The number of amides is 2. The molecular weight excluding hydrogens is 439 g/mol. The monoisotopic (exact) mass is 462 g/mol. The molecule has 6 nitrogen and oxygen atoms in total. The van der Waals surface area contributed by atoms with E-state index >= 15 is 0 Å². The molecule has 1 saturated heterocycles. The zero-order valence-corrected chi connectivity index (χ0v) is 18.9. The van der Waals surface area contributed by atoms with Gasteiger partial charge in [0.25, 0.3) is 5.91 Å². The van der Waals surface area contributed by atoms with E-state index in [9.17, 15) is 14.4 Å². The third kappa shape index (κ3) is 5.38. The Kier molecular flexibility index (Phi) is 7.57. The van der Waals surface area contributed by atoms with Crippen LogP contribution in [0.1, 0.15) is 31.4 Å². The van der Waals surface area contributed by atoms with Crippen LogP contribution in [0.25, 0.3) is 0 Å². The van der Waals surface area contributed by atoms with Crippen LogP contribution in [0.4, 0.5) is 11.4 Å². The summed E-state index contributed by atoms with van der Waals surface area (Å²) in [6.07, 6.45) is 1.64. The van der Waals surface area contributed by atoms with E-state index in [0.717, 1.165) is 29.7 Å². The molecule has 1 aliphatic rings. The molecule has 0 spiro atoms. The number of hydrogen-bond donors (Lipinski definition) is 1. The van der Waals surface area contributed by atoms with Crippen molar-refractivity contribution in [2.75, 3.05) is 23.4 Å². The number of carbonyl (C=O) groups is 3. The fourth-order valence-corrected chi connectivity index (χ4v) is 3.97. The number of aryl methyl sites for hydroxylation is 2. The SMILES string of the molecule is CCc1cccc(CC)c1N1C[C@H](C(=O)OCC(=O)Nc2ccc(Cl)c(Cl)c2)CC1=O. The van der Waals surface area contributed by atoms with E-state index in [2.05, 4.69) is 5.32 Å². The fraction of sp³-hybridized carbons (Fsp3) is 0.348. The predicted octanol–water partition coefficient (Wildman–Crippen LogP) is 4.65. The molecule has 3 rings (SSSR count). The molecule has 0 aromatic heterocycles. The summed E-state index contributed by atoms with van der Waals surface area (Å²) in [5.74, 6) is -1.79. The molecule has 0 saturated carbocycles. The normalized spacial score (nSPS) is 15.8. The van der Waals surface area contributed by atoms with Crippen LogP contribution in [0.2, 0.25) is 10.0 Å². The number of rotatable bonds is 7. The Morgan fingerprint density at radius 2 is 1.77 bits per heavy atom. The van der Waals surface area contributed by atoms with Gasteiger partial charge in [0.2, 0.25) is 5.91 Å². The standard InChI is InChI=1S/C23H24Cl2N2O4/c1-3-14-6-5-7-15(4-2)22(14)27-12-16(10-21(27)29)23(30)31-13-20(28)26-17-8-9-18(24)19(25)11-17/h5-9,11,16H,3-4,10,12-13H2,1-2H3,(H,26,28)/t16-/m1/s1. The summed E-state index contributed by atoms with van der Waals surface area (Å²) in [6.45, 7) is 3.87. The van der Waals surface area contributed by atoms with Crippen LogP contribution in [0.15, 0.2) is 36.4 Å². The Morgan fingerprint density at radius 3 is 2.39 bits per heavy atom. The Bertz CT molecular complexity index is 987. The van der Waals surface area contributed by atoms with Gasteiger partial charge in [0, 0.05) is 24.3 Å². The number of hydrogen-bond acceptors (Lipinski definition) is 4. The Balaban J connectivity index is 1.61. The first-order chi connectivity index (χ1) is 14.8. The highest BCUT2D eigenvalue weighted by molar-refractivity contribution is 6.42. The van der Waals surface area contributed by atoms with E-state index in [0.29, 0.717) is 15.7 Å². The van der Waals surface area contributed by atoms with Gasteiger partial charge < -0.3 is 15.0 Å². The lowest BCUT2D eigenvalue weighted by molar-refractivity contribution is -0.151. The largest absolute Gasteiger partial charge is 0.455 e. The number of anilines is 2. The third-order valence-corrected chi connectivity index (χ3v) is 5.98. The maximum Gasteiger partial charge on any atom is 0.311 e. The van der Waals surface area contributed by atoms with Crippen LogP contribution in [0, 0.1) is 5.92 Å². The lowest BCUT2D eigenvalue weighted by Gasteiger charge is -2.23. The first-order valence-corrected chi connectivity index (χ1v) is 10.9. The fourth-order valence-electron chi connectivity index (χ4n) is 3.67. The van der Waals surface area contributed by atoms with Crippen molar-refractivity contribution in [2.24, 2.45) is 5.92 Å². The molecule has 0 bridgehead atoms. The zero-order chi connectivity index (χ0) is 22.5. The van der Waals surface area contributed by atoms with Crippen molar-refractivity contribution < 1.29 is 19.1 Å². The minimum Gasteiger partial charge on any atom is -0.455 e. The van der Waals surface area contributed by atoms with Crippen molar-refractivity contribution in [1.82, 2.24) is 0 Å². The van der Waals surface area contributed by atoms with Gasteiger partial charge in [-0.3, -0.25) is 14.4 Å². The lowest BCUT2D eigenvalue weighted by Crippen LogP contribution is -2.29. The summed E-state index contributed by atoms with van der Waals surface area (Å²) < 4.78 is 5.17. The van der Waals surface area contributed by atoms with E-state index in [1.165, 1.54) is 6.07 Å². The van der Waals surface area contributed by atoms with E-state index in [1.807, 2.05) is 32.0 Å². The molecule has 31 heavy (non-hydrogen) atoms. The van der Waals surface area contributed by atoms with Crippen LogP contribution in [-0.2, 0) is 32.0 Å². The van der Waals surface area contributed by atoms with Gasteiger partial charge in [0.1, 0.15) is 0 Å². The van der Waals surface area contributed by atoms with Crippen molar-refractivity contribution >= 4 is 52.4 Å². The average Bonchev–Trinajstić information content (AvgIpc) is 3.15. The van der Waals surface area contributed by atoms with Gasteiger partial charge in [-0.25, -0.2) is 0 Å². The summed E-state index contributed by atoms with van der Waals surface area (Å²) >= 11 is 11.8. The number of nitrogens with one attached hydrogen (secondary N) is 1. The summed E-state index contributed by atoms with van der Waals surface area (Å²) in [7, 11) is 0. The summed E-state index contributed by atoms with van der Waals surface area (Å²) in [5, 5.41) is 3.27. The van der Waals surface area contributed by atoms with Crippen molar-refractivity contribution in [3.63, 3.8) is 0 Å². The van der Waals surface area contributed by atoms with E-state index < -0.39 is 24.4 Å². The first-order valence-electron chi connectivity index (χ1n) is 10.2. The molecule has 1 N–H and O–H groups in total. The highest BCUT2D eigenvalue weighted by Crippen LogP contribution is 2.33. The number of esters is 1. The molecule has 1 aliphatic heterocycles. The summed E-state index contributed by atoms with van der Waals surface area (Å²) in [6, 6.07) is 10.6. The molecular formula is C23H24Cl2N2O4. The summed E-state index contributed by atoms with van der Waals surface area (Å²) in [5.41, 5.74) is 3.48. The van der Waals surface area contributed by atoms with Crippen LogP contribution < -0.4 is 10.2 Å². The number of benzene rings is 2. The van der Waals surface area contributed by atoms with Crippen LogP contribution in [-0.4, -0.2) is 30.9 Å². The van der Waals surface area contributed by atoms with Gasteiger partial charge in [-0.1, -0.05) is 55.2 Å². The van der Waals surface area contributed by atoms with Crippen LogP contribution in [0.3, 0.4) is 0 Å². The molecule has 1 heterocycles.